The van der Waals surface area contributed by atoms with Gasteiger partial charge in [-0.1, -0.05) is 60.7 Å². The van der Waals surface area contributed by atoms with Crippen molar-refractivity contribution in [3.8, 4) is 5.75 Å². The van der Waals surface area contributed by atoms with Gasteiger partial charge in [-0.15, -0.1) is 0 Å². The standard InChI is InChI=1S/C30H36N2O3/c1-21(2)31-30(34)28(18-24-10-7-6-8-11-24)32(20-26-12-9-13-27(17-26)35-5)29(33)19-25-15-14-22(3)23(4)16-25/h6-17,21,28H,18-20H2,1-5H3,(H,31,34). The second kappa shape index (κ2) is 12.2. The minimum Gasteiger partial charge on any atom is -0.497 e. The lowest BCUT2D eigenvalue weighted by atomic mass is 10.00. The van der Waals surface area contributed by atoms with Crippen LogP contribution in [0.3, 0.4) is 0 Å². The highest BCUT2D eigenvalue weighted by atomic mass is 16.5. The van der Waals surface area contributed by atoms with E-state index in [1.807, 2.05) is 87.5 Å². The van der Waals surface area contributed by atoms with Gasteiger partial charge in [0.1, 0.15) is 11.8 Å². The van der Waals surface area contributed by atoms with Gasteiger partial charge in [-0.2, -0.15) is 0 Å². The fourth-order valence-corrected chi connectivity index (χ4v) is 4.09. The lowest BCUT2D eigenvalue weighted by Gasteiger charge is -2.32. The van der Waals surface area contributed by atoms with Gasteiger partial charge in [0.25, 0.3) is 0 Å². The van der Waals surface area contributed by atoms with E-state index in [1.54, 1.807) is 12.0 Å². The number of rotatable bonds is 10. The number of amides is 2. The molecule has 0 spiro atoms. The normalized spacial score (nSPS) is 11.7. The zero-order chi connectivity index (χ0) is 25.4. The SMILES string of the molecule is COc1cccc(CN(C(=O)Cc2ccc(C)c(C)c2)C(Cc2ccccc2)C(=O)NC(C)C)c1. The highest BCUT2D eigenvalue weighted by molar-refractivity contribution is 5.89. The van der Waals surface area contributed by atoms with Crippen LogP contribution in [0.15, 0.2) is 72.8 Å². The molecule has 0 radical (unpaired) electrons. The Hall–Kier alpha value is -3.60. The second-order valence-electron chi connectivity index (χ2n) is 9.34. The van der Waals surface area contributed by atoms with E-state index < -0.39 is 6.04 Å². The van der Waals surface area contributed by atoms with Gasteiger partial charge < -0.3 is 15.0 Å². The topological polar surface area (TPSA) is 58.6 Å². The second-order valence-corrected chi connectivity index (χ2v) is 9.34. The number of benzene rings is 3. The molecule has 3 rings (SSSR count). The summed E-state index contributed by atoms with van der Waals surface area (Å²) in [5.41, 5.74) is 5.19. The lowest BCUT2D eigenvalue weighted by Crippen LogP contribution is -2.52. The van der Waals surface area contributed by atoms with Gasteiger partial charge in [0.05, 0.1) is 13.5 Å². The number of nitrogens with one attached hydrogen (secondary N) is 1. The van der Waals surface area contributed by atoms with Gasteiger partial charge in [-0.05, 0) is 67.6 Å². The van der Waals surface area contributed by atoms with Crippen molar-refractivity contribution in [2.45, 2.75) is 59.2 Å². The molecule has 0 heterocycles. The molecule has 0 aliphatic rings. The van der Waals surface area contributed by atoms with Crippen LogP contribution in [0.25, 0.3) is 0 Å². The molecule has 2 amide bonds. The summed E-state index contributed by atoms with van der Waals surface area (Å²) >= 11 is 0. The van der Waals surface area contributed by atoms with E-state index >= 15 is 0 Å². The van der Waals surface area contributed by atoms with Crippen LogP contribution in [0.5, 0.6) is 5.75 Å². The Labute approximate surface area is 209 Å². The first-order chi connectivity index (χ1) is 16.8. The molecule has 1 atom stereocenters. The van der Waals surface area contributed by atoms with Crippen molar-refractivity contribution in [2.75, 3.05) is 7.11 Å². The molecule has 1 unspecified atom stereocenters. The number of carbonyl (C=O) groups excluding carboxylic acids is 2. The van der Waals surface area contributed by atoms with Crippen LogP contribution in [-0.2, 0) is 29.0 Å². The Bertz CT molecular complexity index is 1140. The van der Waals surface area contributed by atoms with Crippen molar-refractivity contribution < 1.29 is 14.3 Å². The van der Waals surface area contributed by atoms with Crippen molar-refractivity contribution in [2.24, 2.45) is 0 Å². The monoisotopic (exact) mass is 472 g/mol. The van der Waals surface area contributed by atoms with E-state index in [1.165, 1.54) is 5.56 Å². The summed E-state index contributed by atoms with van der Waals surface area (Å²) in [6.07, 6.45) is 0.660. The predicted octanol–water partition coefficient (Wildman–Crippen LogP) is 5.02. The third-order valence-corrected chi connectivity index (χ3v) is 6.12. The van der Waals surface area contributed by atoms with Crippen LogP contribution in [0, 0.1) is 13.8 Å². The number of methoxy groups -OCH3 is 1. The molecule has 3 aromatic rings. The number of carbonyl (C=O) groups is 2. The molecule has 0 saturated heterocycles. The maximum atomic E-state index is 13.8. The van der Waals surface area contributed by atoms with E-state index in [9.17, 15) is 9.59 Å². The first-order valence-corrected chi connectivity index (χ1v) is 12.1. The molecule has 184 valence electrons. The van der Waals surface area contributed by atoms with Crippen molar-refractivity contribution >= 4 is 11.8 Å². The maximum absolute atomic E-state index is 13.8. The average molecular weight is 473 g/mol. The Morgan fingerprint density at radius 2 is 1.57 bits per heavy atom. The van der Waals surface area contributed by atoms with Crippen molar-refractivity contribution in [1.82, 2.24) is 10.2 Å². The van der Waals surface area contributed by atoms with E-state index in [0.717, 1.165) is 28.0 Å². The molecule has 1 N–H and O–H groups in total. The van der Waals surface area contributed by atoms with Crippen molar-refractivity contribution in [3.63, 3.8) is 0 Å². The fourth-order valence-electron chi connectivity index (χ4n) is 4.09. The summed E-state index contributed by atoms with van der Waals surface area (Å²) in [6.45, 7) is 8.28. The smallest absolute Gasteiger partial charge is 0.243 e. The van der Waals surface area contributed by atoms with Crippen LogP contribution < -0.4 is 10.1 Å². The van der Waals surface area contributed by atoms with Crippen molar-refractivity contribution in [3.05, 3.63) is 101 Å². The zero-order valence-corrected chi connectivity index (χ0v) is 21.4. The molecule has 3 aromatic carbocycles. The summed E-state index contributed by atoms with van der Waals surface area (Å²) in [5, 5.41) is 3.03. The van der Waals surface area contributed by atoms with Gasteiger partial charge in [-0.25, -0.2) is 0 Å². The number of hydrogen-bond donors (Lipinski definition) is 1. The minimum absolute atomic E-state index is 0.0331. The van der Waals surface area contributed by atoms with Crippen LogP contribution in [0.4, 0.5) is 0 Å². The Balaban J connectivity index is 1.99. The van der Waals surface area contributed by atoms with E-state index in [2.05, 4.69) is 18.3 Å². The number of ether oxygens (including phenoxy) is 1. The highest BCUT2D eigenvalue weighted by Gasteiger charge is 2.30. The molecular weight excluding hydrogens is 436 g/mol. The highest BCUT2D eigenvalue weighted by Crippen LogP contribution is 2.20. The third-order valence-electron chi connectivity index (χ3n) is 6.12. The average Bonchev–Trinajstić information content (AvgIpc) is 2.84. The molecule has 0 aromatic heterocycles. The predicted molar refractivity (Wildman–Crippen MR) is 140 cm³/mol. The van der Waals surface area contributed by atoms with Crippen LogP contribution in [0.1, 0.15) is 41.7 Å². The van der Waals surface area contributed by atoms with Crippen molar-refractivity contribution in [1.29, 1.82) is 0 Å². The quantitative estimate of drug-likeness (QED) is 0.451. The van der Waals surface area contributed by atoms with Gasteiger partial charge in [-0.3, -0.25) is 9.59 Å². The molecule has 5 heteroatoms. The van der Waals surface area contributed by atoms with Gasteiger partial charge >= 0.3 is 0 Å². The van der Waals surface area contributed by atoms with E-state index in [-0.39, 0.29) is 24.3 Å². The zero-order valence-electron chi connectivity index (χ0n) is 21.4. The Morgan fingerprint density at radius 3 is 2.23 bits per heavy atom. The largest absolute Gasteiger partial charge is 0.497 e. The molecular formula is C30H36N2O3. The lowest BCUT2D eigenvalue weighted by molar-refractivity contribution is -0.141. The number of nitrogens with zero attached hydrogens (tertiary/aromatic N) is 1. The van der Waals surface area contributed by atoms with Crippen LogP contribution >= 0.6 is 0 Å². The minimum atomic E-state index is -0.648. The van der Waals surface area contributed by atoms with E-state index in [0.29, 0.717) is 13.0 Å². The number of aryl methyl sites for hydroxylation is 2. The summed E-state index contributed by atoms with van der Waals surface area (Å²) in [4.78, 5) is 29.0. The fraction of sp³-hybridized carbons (Fsp3) is 0.333. The van der Waals surface area contributed by atoms with E-state index in [4.69, 9.17) is 4.74 Å². The van der Waals surface area contributed by atoms with Crippen LogP contribution in [-0.4, -0.2) is 35.9 Å². The first-order valence-electron chi connectivity index (χ1n) is 12.1. The molecule has 0 aliphatic heterocycles. The maximum Gasteiger partial charge on any atom is 0.243 e. The van der Waals surface area contributed by atoms with Crippen LogP contribution in [0.2, 0.25) is 0 Å². The summed E-state index contributed by atoms with van der Waals surface area (Å²) in [6, 6.07) is 22.9. The molecule has 5 nitrogen and oxygen atoms in total. The van der Waals surface area contributed by atoms with Gasteiger partial charge in [0, 0.05) is 19.0 Å². The molecule has 0 aliphatic carbocycles. The Morgan fingerprint density at radius 1 is 0.857 bits per heavy atom. The van der Waals surface area contributed by atoms with Gasteiger partial charge in [0.2, 0.25) is 11.8 Å². The molecule has 35 heavy (non-hydrogen) atoms. The molecule has 0 bridgehead atoms. The summed E-state index contributed by atoms with van der Waals surface area (Å²) in [5.74, 6) is 0.478. The molecule has 0 fully saturated rings. The first kappa shape index (κ1) is 26.0. The molecule has 0 saturated carbocycles. The summed E-state index contributed by atoms with van der Waals surface area (Å²) in [7, 11) is 1.62. The van der Waals surface area contributed by atoms with Gasteiger partial charge in [0.15, 0.2) is 0 Å². The number of hydrogen-bond acceptors (Lipinski definition) is 3. The Kier molecular flexibility index (Phi) is 9.07. The third kappa shape index (κ3) is 7.44. The summed E-state index contributed by atoms with van der Waals surface area (Å²) < 4.78 is 5.39.